The van der Waals surface area contributed by atoms with Gasteiger partial charge in [0.25, 0.3) is 0 Å². The summed E-state index contributed by atoms with van der Waals surface area (Å²) in [7, 11) is 0. The van der Waals surface area contributed by atoms with Crippen LogP contribution in [0, 0.1) is 13.8 Å². The lowest BCUT2D eigenvalue weighted by atomic mass is 9.89. The second kappa shape index (κ2) is 22.9. The molecule has 0 atom stereocenters. The molecule has 0 radical (unpaired) electrons. The van der Waals surface area contributed by atoms with Gasteiger partial charge in [-0.1, -0.05) is 129 Å². The summed E-state index contributed by atoms with van der Waals surface area (Å²) < 4.78 is 0. The van der Waals surface area contributed by atoms with Crippen molar-refractivity contribution in [1.82, 2.24) is 0 Å². The molecule has 0 aliphatic heterocycles. The van der Waals surface area contributed by atoms with Gasteiger partial charge in [0.15, 0.2) is 0 Å². The number of hydrogen-bond donors (Lipinski definition) is 0. The highest BCUT2D eigenvalue weighted by Gasteiger charge is 2.11. The lowest BCUT2D eigenvalue weighted by Crippen LogP contribution is -2.03. The fourth-order valence-electron chi connectivity index (χ4n) is 6.80. The summed E-state index contributed by atoms with van der Waals surface area (Å²) in [6.45, 7) is 14.0. The van der Waals surface area contributed by atoms with Gasteiger partial charge in [0.1, 0.15) is 0 Å². The molecule has 0 heteroatoms. The van der Waals surface area contributed by atoms with Crippen molar-refractivity contribution in [3.05, 3.63) is 68.8 Å². The molecule has 0 aromatic heterocycles. The van der Waals surface area contributed by atoms with Crippen LogP contribution in [-0.2, 0) is 38.5 Å². The molecule has 2 aromatic carbocycles. The van der Waals surface area contributed by atoms with Crippen LogP contribution < -0.4 is 0 Å². The molecule has 42 heavy (non-hydrogen) atoms. The second-order valence-electron chi connectivity index (χ2n) is 13.5. The molecule has 0 nitrogen and oxygen atoms in total. The molecule has 0 aliphatic rings. The van der Waals surface area contributed by atoms with Crippen molar-refractivity contribution in [2.75, 3.05) is 0 Å². The Hall–Kier alpha value is -1.56. The maximum absolute atomic E-state index is 2.63. The number of unbranched alkanes of at least 4 members (excludes halogenated alkanes) is 13. The van der Waals surface area contributed by atoms with Crippen LogP contribution in [0.5, 0.6) is 0 Å². The van der Waals surface area contributed by atoms with E-state index in [1.165, 1.54) is 154 Å². The van der Waals surface area contributed by atoms with Crippen LogP contribution in [0.15, 0.2) is 24.3 Å². The van der Waals surface area contributed by atoms with E-state index in [2.05, 4.69) is 65.8 Å². The molecular formula is C42H70. The van der Waals surface area contributed by atoms with Gasteiger partial charge in [-0.05, 0) is 135 Å². The molecule has 0 aliphatic carbocycles. The predicted octanol–water partition coefficient (Wildman–Crippen LogP) is 13.4. The Morgan fingerprint density at radius 1 is 0.286 bits per heavy atom. The molecule has 0 amide bonds. The van der Waals surface area contributed by atoms with Crippen molar-refractivity contribution in [3.63, 3.8) is 0 Å². The van der Waals surface area contributed by atoms with Crippen LogP contribution in [0.4, 0.5) is 0 Å². The van der Waals surface area contributed by atoms with Gasteiger partial charge in [-0.2, -0.15) is 0 Å². The van der Waals surface area contributed by atoms with E-state index in [9.17, 15) is 0 Å². The number of hydrogen-bond acceptors (Lipinski definition) is 0. The highest BCUT2D eigenvalue weighted by atomic mass is 14.2. The summed E-state index contributed by atoms with van der Waals surface area (Å²) in [4.78, 5) is 0. The van der Waals surface area contributed by atoms with Crippen LogP contribution >= 0.6 is 0 Å². The second-order valence-corrected chi connectivity index (χ2v) is 13.5. The van der Waals surface area contributed by atoms with E-state index in [-0.39, 0.29) is 0 Å². The Bertz CT molecular complexity index is 885. The van der Waals surface area contributed by atoms with Crippen LogP contribution in [0.1, 0.15) is 188 Å². The average molecular weight is 575 g/mol. The predicted molar refractivity (Wildman–Crippen MR) is 190 cm³/mol. The third-order valence-corrected chi connectivity index (χ3v) is 9.66. The first kappa shape index (κ1) is 36.6. The summed E-state index contributed by atoms with van der Waals surface area (Å²) in [5, 5.41) is 0. The lowest BCUT2D eigenvalue weighted by molar-refractivity contribution is 0.652. The zero-order chi connectivity index (χ0) is 30.4. The monoisotopic (exact) mass is 575 g/mol. The Labute approximate surface area is 263 Å². The molecule has 2 rings (SSSR count). The van der Waals surface area contributed by atoms with E-state index in [0.717, 1.165) is 0 Å². The molecule has 0 saturated carbocycles. The average Bonchev–Trinajstić information content (AvgIpc) is 2.98. The van der Waals surface area contributed by atoms with Gasteiger partial charge >= 0.3 is 0 Å². The van der Waals surface area contributed by atoms with Gasteiger partial charge in [-0.25, -0.2) is 0 Å². The topological polar surface area (TPSA) is 0 Å². The third kappa shape index (κ3) is 14.3. The first-order chi connectivity index (χ1) is 20.5. The minimum absolute atomic E-state index is 1.26. The van der Waals surface area contributed by atoms with Crippen LogP contribution in [-0.4, -0.2) is 0 Å². The van der Waals surface area contributed by atoms with Crippen molar-refractivity contribution >= 4 is 0 Å². The first-order valence-corrected chi connectivity index (χ1v) is 18.8. The third-order valence-electron chi connectivity index (χ3n) is 9.66. The summed E-state index contributed by atoms with van der Waals surface area (Å²) in [5.41, 5.74) is 13.0. The fraction of sp³-hybridized carbons (Fsp3) is 0.714. The molecule has 0 N–H and O–H groups in total. The minimum atomic E-state index is 1.26. The van der Waals surface area contributed by atoms with E-state index < -0.39 is 0 Å². The van der Waals surface area contributed by atoms with Crippen molar-refractivity contribution < 1.29 is 0 Å². The van der Waals surface area contributed by atoms with E-state index in [0.29, 0.717) is 0 Å². The Balaban J connectivity index is 2.10. The quantitative estimate of drug-likeness (QED) is 0.103. The summed E-state index contributed by atoms with van der Waals surface area (Å²) in [5.74, 6) is 0. The summed E-state index contributed by atoms with van der Waals surface area (Å²) in [6.07, 6.45) is 31.9. The standard InChI is InChI=1S/C42H70/c1-7-11-15-19-25-37-33-41(39(31-35(37)5)27-21-17-13-9-3)29-23-24-30-42-34-38(26-20-16-12-8-2)36(6)32-40(42)28-22-18-14-10-4/h31-34H,7-30H2,1-6H3. The Kier molecular flexibility index (Phi) is 20.0. The van der Waals surface area contributed by atoms with Crippen molar-refractivity contribution in [3.8, 4) is 0 Å². The SMILES string of the molecule is CCCCCCc1cc(CCCCc2cc(CCCCCC)c(C)cc2CCCCCC)c(CCCCCC)cc1C. The number of aryl methyl sites for hydroxylation is 8. The molecule has 0 spiro atoms. The normalized spacial score (nSPS) is 11.5. The molecule has 0 unspecified atom stereocenters. The highest BCUT2D eigenvalue weighted by molar-refractivity contribution is 5.40. The Morgan fingerprint density at radius 3 is 0.810 bits per heavy atom. The van der Waals surface area contributed by atoms with Crippen LogP contribution in [0.25, 0.3) is 0 Å². The van der Waals surface area contributed by atoms with Gasteiger partial charge < -0.3 is 0 Å². The molecule has 238 valence electrons. The molecule has 0 fully saturated rings. The van der Waals surface area contributed by atoms with Crippen molar-refractivity contribution in [1.29, 1.82) is 0 Å². The zero-order valence-corrected chi connectivity index (χ0v) is 29.3. The largest absolute Gasteiger partial charge is 0.0654 e. The smallest absolute Gasteiger partial charge is 0.0276 e. The van der Waals surface area contributed by atoms with E-state index in [1.54, 1.807) is 44.5 Å². The Morgan fingerprint density at radius 2 is 0.524 bits per heavy atom. The lowest BCUT2D eigenvalue weighted by Gasteiger charge is -2.17. The number of benzene rings is 2. The maximum atomic E-state index is 2.63. The zero-order valence-electron chi connectivity index (χ0n) is 29.3. The van der Waals surface area contributed by atoms with Gasteiger partial charge in [-0.15, -0.1) is 0 Å². The van der Waals surface area contributed by atoms with Gasteiger partial charge in [0.2, 0.25) is 0 Å². The molecular weight excluding hydrogens is 504 g/mol. The molecule has 0 bridgehead atoms. The van der Waals surface area contributed by atoms with Crippen molar-refractivity contribution in [2.24, 2.45) is 0 Å². The van der Waals surface area contributed by atoms with Gasteiger partial charge in [0.05, 0.1) is 0 Å². The van der Waals surface area contributed by atoms with E-state index in [1.807, 2.05) is 0 Å². The van der Waals surface area contributed by atoms with Gasteiger partial charge in [-0.3, -0.25) is 0 Å². The summed E-state index contributed by atoms with van der Waals surface area (Å²) >= 11 is 0. The van der Waals surface area contributed by atoms with Gasteiger partial charge in [0, 0.05) is 0 Å². The van der Waals surface area contributed by atoms with Crippen LogP contribution in [0.3, 0.4) is 0 Å². The van der Waals surface area contributed by atoms with Crippen LogP contribution in [0.2, 0.25) is 0 Å². The fourth-order valence-corrected chi connectivity index (χ4v) is 6.80. The van der Waals surface area contributed by atoms with E-state index in [4.69, 9.17) is 0 Å². The van der Waals surface area contributed by atoms with Crippen molar-refractivity contribution in [2.45, 2.75) is 196 Å². The molecule has 0 saturated heterocycles. The number of rotatable bonds is 25. The highest BCUT2D eigenvalue weighted by Crippen LogP contribution is 2.26. The first-order valence-electron chi connectivity index (χ1n) is 18.8. The molecule has 0 heterocycles. The summed E-state index contributed by atoms with van der Waals surface area (Å²) in [6, 6.07) is 10.4. The molecule has 2 aromatic rings. The minimum Gasteiger partial charge on any atom is -0.0654 e. The van der Waals surface area contributed by atoms with E-state index >= 15 is 0 Å². The maximum Gasteiger partial charge on any atom is -0.0276 e.